The lowest BCUT2D eigenvalue weighted by atomic mass is 10.1. The molecule has 6 heteroatoms. The molecule has 0 aliphatic heterocycles. The highest BCUT2D eigenvalue weighted by atomic mass is 32.1. The van der Waals surface area contributed by atoms with Crippen LogP contribution in [0, 0.1) is 6.92 Å². The Labute approximate surface area is 143 Å². The fourth-order valence-corrected chi connectivity index (χ4v) is 3.09. The molecular formula is C18H17N3O2S. The number of rotatable bonds is 4. The highest BCUT2D eigenvalue weighted by Crippen LogP contribution is 2.24. The summed E-state index contributed by atoms with van der Waals surface area (Å²) >= 11 is 1.54. The average molecular weight is 339 g/mol. The summed E-state index contributed by atoms with van der Waals surface area (Å²) in [6.07, 6.45) is 3.34. The molecule has 0 radical (unpaired) electrons. The number of aromatic nitrogens is 2. The number of nitrogens with one attached hydrogen (secondary N) is 1. The van der Waals surface area contributed by atoms with Gasteiger partial charge >= 0.3 is 0 Å². The first-order valence-corrected chi connectivity index (χ1v) is 8.49. The predicted octanol–water partition coefficient (Wildman–Crippen LogP) is 3.55. The van der Waals surface area contributed by atoms with Crippen LogP contribution in [0.4, 0.5) is 5.69 Å². The Morgan fingerprint density at radius 3 is 2.88 bits per heavy atom. The zero-order valence-electron chi connectivity index (χ0n) is 13.4. The molecule has 3 aromatic rings. The van der Waals surface area contributed by atoms with Crippen molar-refractivity contribution in [2.75, 3.05) is 5.32 Å². The summed E-state index contributed by atoms with van der Waals surface area (Å²) < 4.78 is 1.84. The molecule has 0 bridgehead atoms. The van der Waals surface area contributed by atoms with Crippen molar-refractivity contribution < 1.29 is 4.79 Å². The molecule has 0 aliphatic carbocycles. The van der Waals surface area contributed by atoms with E-state index in [9.17, 15) is 9.59 Å². The smallest absolute Gasteiger partial charge is 0.255 e. The van der Waals surface area contributed by atoms with Crippen LogP contribution in [-0.4, -0.2) is 15.5 Å². The average Bonchev–Trinajstić information content (AvgIpc) is 3.03. The summed E-state index contributed by atoms with van der Waals surface area (Å²) in [5.41, 5.74) is 2.40. The summed E-state index contributed by atoms with van der Waals surface area (Å²) in [7, 11) is 0. The number of hydrogen-bond donors (Lipinski definition) is 1. The molecule has 2 heterocycles. The van der Waals surface area contributed by atoms with Gasteiger partial charge in [-0.05, 0) is 26.0 Å². The van der Waals surface area contributed by atoms with Crippen molar-refractivity contribution in [1.82, 2.24) is 9.55 Å². The first-order chi connectivity index (χ1) is 11.6. The molecule has 0 aliphatic rings. The van der Waals surface area contributed by atoms with Gasteiger partial charge in [-0.25, -0.2) is 4.98 Å². The summed E-state index contributed by atoms with van der Waals surface area (Å²) in [6, 6.07) is 8.70. The predicted molar refractivity (Wildman–Crippen MR) is 96.6 cm³/mol. The summed E-state index contributed by atoms with van der Waals surface area (Å²) in [6.45, 7) is 4.63. The lowest BCUT2D eigenvalue weighted by Gasteiger charge is -2.08. The van der Waals surface area contributed by atoms with Crippen molar-refractivity contribution in [2.45, 2.75) is 20.4 Å². The summed E-state index contributed by atoms with van der Waals surface area (Å²) in [4.78, 5) is 28.8. The van der Waals surface area contributed by atoms with Crippen LogP contribution < -0.4 is 10.7 Å². The highest BCUT2D eigenvalue weighted by Gasteiger charge is 2.11. The number of thiazole rings is 1. The molecule has 0 spiro atoms. The van der Waals surface area contributed by atoms with Crippen LogP contribution in [0.5, 0.6) is 0 Å². The van der Waals surface area contributed by atoms with Gasteiger partial charge in [-0.3, -0.25) is 9.59 Å². The standard InChI is InChI=1S/C18H17N3O2S/c1-3-21-8-7-16(22)15(10-21)20-17(23)13-5-4-6-14(9-13)18-19-12(2)11-24-18/h4-11H,3H2,1-2H3,(H,20,23). The summed E-state index contributed by atoms with van der Waals surface area (Å²) in [5.74, 6) is -0.309. The Morgan fingerprint density at radius 2 is 2.17 bits per heavy atom. The lowest BCUT2D eigenvalue weighted by molar-refractivity contribution is 0.102. The molecule has 3 rings (SSSR count). The molecule has 0 saturated carbocycles. The first kappa shape index (κ1) is 16.1. The minimum atomic E-state index is -0.309. The number of anilines is 1. The van der Waals surface area contributed by atoms with Crippen LogP contribution in [0.3, 0.4) is 0 Å². The quantitative estimate of drug-likeness (QED) is 0.790. The number of carbonyl (C=O) groups excluding carboxylic acids is 1. The zero-order chi connectivity index (χ0) is 17.1. The lowest BCUT2D eigenvalue weighted by Crippen LogP contribution is -2.19. The highest BCUT2D eigenvalue weighted by molar-refractivity contribution is 7.13. The van der Waals surface area contributed by atoms with E-state index in [2.05, 4.69) is 10.3 Å². The van der Waals surface area contributed by atoms with Gasteiger partial charge in [-0.2, -0.15) is 0 Å². The second-order valence-corrected chi connectivity index (χ2v) is 6.24. The molecule has 1 aromatic carbocycles. The Kier molecular flexibility index (Phi) is 4.57. The van der Waals surface area contributed by atoms with E-state index in [-0.39, 0.29) is 17.0 Å². The van der Waals surface area contributed by atoms with Crippen molar-refractivity contribution >= 4 is 22.9 Å². The third-order valence-electron chi connectivity index (χ3n) is 3.58. The largest absolute Gasteiger partial charge is 0.352 e. The first-order valence-electron chi connectivity index (χ1n) is 7.61. The van der Waals surface area contributed by atoms with Crippen LogP contribution in [0.2, 0.25) is 0 Å². The fourth-order valence-electron chi connectivity index (χ4n) is 2.29. The molecule has 0 fully saturated rings. The van der Waals surface area contributed by atoms with Crippen molar-refractivity contribution in [1.29, 1.82) is 0 Å². The molecule has 24 heavy (non-hydrogen) atoms. The Balaban J connectivity index is 1.87. The van der Waals surface area contributed by atoms with Gasteiger partial charge in [0.05, 0.1) is 0 Å². The van der Waals surface area contributed by atoms with Crippen LogP contribution in [0.15, 0.2) is 52.9 Å². The topological polar surface area (TPSA) is 64.0 Å². The van der Waals surface area contributed by atoms with E-state index in [1.165, 1.54) is 17.4 Å². The van der Waals surface area contributed by atoms with E-state index >= 15 is 0 Å². The maximum absolute atomic E-state index is 12.5. The van der Waals surface area contributed by atoms with Gasteiger partial charge in [0.15, 0.2) is 0 Å². The maximum Gasteiger partial charge on any atom is 0.255 e. The van der Waals surface area contributed by atoms with E-state index in [1.807, 2.05) is 35.9 Å². The van der Waals surface area contributed by atoms with Crippen molar-refractivity contribution in [3.8, 4) is 10.6 Å². The second-order valence-electron chi connectivity index (χ2n) is 5.38. The van der Waals surface area contributed by atoms with E-state index in [0.717, 1.165) is 22.8 Å². The normalized spacial score (nSPS) is 10.6. The molecule has 2 aromatic heterocycles. The molecule has 0 unspecified atom stereocenters. The van der Waals surface area contributed by atoms with Crippen molar-refractivity contribution in [2.24, 2.45) is 0 Å². The molecule has 122 valence electrons. The maximum atomic E-state index is 12.5. The van der Waals surface area contributed by atoms with Gasteiger partial charge in [0, 0.05) is 47.2 Å². The van der Waals surface area contributed by atoms with Crippen LogP contribution in [-0.2, 0) is 6.54 Å². The van der Waals surface area contributed by atoms with Gasteiger partial charge < -0.3 is 9.88 Å². The zero-order valence-corrected chi connectivity index (χ0v) is 14.3. The van der Waals surface area contributed by atoms with Gasteiger partial charge in [0.1, 0.15) is 10.7 Å². The number of aryl methyl sites for hydroxylation is 2. The summed E-state index contributed by atoms with van der Waals surface area (Å²) in [5, 5.41) is 5.54. The second kappa shape index (κ2) is 6.80. The number of carbonyl (C=O) groups is 1. The third kappa shape index (κ3) is 3.44. The van der Waals surface area contributed by atoms with Crippen LogP contribution >= 0.6 is 11.3 Å². The number of nitrogens with zero attached hydrogens (tertiary/aromatic N) is 2. The molecule has 0 atom stereocenters. The van der Waals surface area contributed by atoms with Gasteiger partial charge in [-0.15, -0.1) is 11.3 Å². The monoisotopic (exact) mass is 339 g/mol. The van der Waals surface area contributed by atoms with Crippen LogP contribution in [0.1, 0.15) is 23.0 Å². The number of amides is 1. The van der Waals surface area contributed by atoms with Crippen molar-refractivity contribution in [3.05, 3.63) is 69.6 Å². The minimum Gasteiger partial charge on any atom is -0.352 e. The molecule has 1 amide bonds. The van der Waals surface area contributed by atoms with Gasteiger partial charge in [-0.1, -0.05) is 12.1 Å². The van der Waals surface area contributed by atoms with Crippen LogP contribution in [0.25, 0.3) is 10.6 Å². The van der Waals surface area contributed by atoms with E-state index < -0.39 is 0 Å². The molecule has 5 nitrogen and oxygen atoms in total. The van der Waals surface area contributed by atoms with Gasteiger partial charge in [0.25, 0.3) is 5.91 Å². The molecule has 1 N–H and O–H groups in total. The third-order valence-corrected chi connectivity index (χ3v) is 4.59. The van der Waals surface area contributed by atoms with Crippen molar-refractivity contribution in [3.63, 3.8) is 0 Å². The van der Waals surface area contributed by atoms with E-state index in [1.54, 1.807) is 24.5 Å². The molecular weight excluding hydrogens is 322 g/mol. The molecule has 0 saturated heterocycles. The minimum absolute atomic E-state index is 0.209. The van der Waals surface area contributed by atoms with E-state index in [0.29, 0.717) is 5.56 Å². The van der Waals surface area contributed by atoms with E-state index in [4.69, 9.17) is 0 Å². The Morgan fingerprint density at radius 1 is 1.33 bits per heavy atom. The fraction of sp³-hybridized carbons (Fsp3) is 0.167. The SMILES string of the molecule is CCn1ccc(=O)c(NC(=O)c2cccc(-c3nc(C)cs3)c2)c1. The Hall–Kier alpha value is -2.73. The van der Waals surface area contributed by atoms with Gasteiger partial charge in [0.2, 0.25) is 5.43 Å². The number of benzene rings is 1. The number of pyridine rings is 1. The Bertz CT molecular complexity index is 943. The number of hydrogen-bond acceptors (Lipinski definition) is 4.